The molecule has 0 aliphatic carbocycles. The number of anilines is 1. The summed E-state index contributed by atoms with van der Waals surface area (Å²) < 4.78 is 0. The molecule has 0 aliphatic heterocycles. The van der Waals surface area contributed by atoms with Crippen molar-refractivity contribution in [2.24, 2.45) is 0 Å². The third-order valence-corrected chi connectivity index (χ3v) is 3.31. The molecule has 0 amide bonds. The van der Waals surface area contributed by atoms with Gasteiger partial charge in [0, 0.05) is 18.8 Å². The molecule has 0 radical (unpaired) electrons. The molecule has 1 unspecified atom stereocenters. The average molecular weight is 248 g/mol. The van der Waals surface area contributed by atoms with Crippen LogP contribution in [0.25, 0.3) is 0 Å². The molecule has 1 rings (SSSR count). The first-order valence-electron chi connectivity index (χ1n) is 6.84. The van der Waals surface area contributed by atoms with Crippen LogP contribution >= 0.6 is 0 Å². The predicted molar refractivity (Wildman–Crippen MR) is 76.2 cm³/mol. The first-order chi connectivity index (χ1) is 8.61. The first-order valence-corrected chi connectivity index (χ1v) is 6.84. The Hall–Kier alpha value is -1.38. The molecule has 3 heteroatoms. The van der Waals surface area contributed by atoms with Gasteiger partial charge in [0.2, 0.25) is 0 Å². The molecule has 0 bridgehead atoms. The number of nitrogens with zero attached hydrogens (tertiary/aromatic N) is 2. The first kappa shape index (κ1) is 14.7. The summed E-state index contributed by atoms with van der Waals surface area (Å²) >= 11 is 0. The Kier molecular flexibility index (Phi) is 5.83. The minimum Gasteiger partial charge on any atom is -0.353 e. The fraction of sp³-hybridized carbons (Fsp3) is 0.600. The lowest BCUT2D eigenvalue weighted by molar-refractivity contribution is 0.101. The SMILES string of the molecule is CCCCN(c1ncccc1C(C)=O)C(C)CC. The lowest BCUT2D eigenvalue weighted by atomic mass is 10.1. The van der Waals surface area contributed by atoms with Crippen LogP contribution in [0.15, 0.2) is 18.3 Å². The largest absolute Gasteiger partial charge is 0.353 e. The second kappa shape index (κ2) is 7.14. The maximum absolute atomic E-state index is 11.7. The number of ketones is 1. The Morgan fingerprint density at radius 3 is 2.72 bits per heavy atom. The predicted octanol–water partition coefficient (Wildman–Crippen LogP) is 3.69. The molecule has 0 spiro atoms. The number of hydrogen-bond acceptors (Lipinski definition) is 3. The van der Waals surface area contributed by atoms with Crippen LogP contribution in [0.2, 0.25) is 0 Å². The Morgan fingerprint density at radius 2 is 2.17 bits per heavy atom. The van der Waals surface area contributed by atoms with Gasteiger partial charge in [-0.15, -0.1) is 0 Å². The van der Waals surface area contributed by atoms with Crippen LogP contribution < -0.4 is 4.90 Å². The van der Waals surface area contributed by atoms with Crippen molar-refractivity contribution in [3.63, 3.8) is 0 Å². The van der Waals surface area contributed by atoms with Crippen LogP contribution in [-0.2, 0) is 0 Å². The van der Waals surface area contributed by atoms with E-state index in [-0.39, 0.29) is 5.78 Å². The molecule has 0 aromatic carbocycles. The number of pyridine rings is 1. The number of carbonyl (C=O) groups excluding carboxylic acids is 1. The second-order valence-corrected chi connectivity index (χ2v) is 4.73. The summed E-state index contributed by atoms with van der Waals surface area (Å²) in [6, 6.07) is 4.10. The maximum Gasteiger partial charge on any atom is 0.163 e. The fourth-order valence-corrected chi connectivity index (χ4v) is 1.98. The molecule has 1 aromatic rings. The average Bonchev–Trinajstić information content (AvgIpc) is 2.39. The van der Waals surface area contributed by atoms with Crippen molar-refractivity contribution >= 4 is 11.6 Å². The van der Waals surface area contributed by atoms with Crippen molar-refractivity contribution in [1.82, 2.24) is 4.98 Å². The van der Waals surface area contributed by atoms with E-state index < -0.39 is 0 Å². The summed E-state index contributed by atoms with van der Waals surface area (Å²) in [6.45, 7) is 9.10. The molecule has 0 fully saturated rings. The van der Waals surface area contributed by atoms with E-state index in [4.69, 9.17) is 0 Å². The van der Waals surface area contributed by atoms with E-state index in [1.165, 1.54) is 0 Å². The van der Waals surface area contributed by atoms with Gasteiger partial charge in [0.15, 0.2) is 5.78 Å². The van der Waals surface area contributed by atoms with Gasteiger partial charge in [-0.1, -0.05) is 20.3 Å². The highest BCUT2D eigenvalue weighted by molar-refractivity contribution is 5.98. The van der Waals surface area contributed by atoms with Crippen LogP contribution in [0.5, 0.6) is 0 Å². The smallest absolute Gasteiger partial charge is 0.163 e. The van der Waals surface area contributed by atoms with Gasteiger partial charge in [0.25, 0.3) is 0 Å². The van der Waals surface area contributed by atoms with Crippen molar-refractivity contribution in [3.8, 4) is 0 Å². The van der Waals surface area contributed by atoms with Crippen LogP contribution in [0, 0.1) is 0 Å². The summed E-state index contributed by atoms with van der Waals surface area (Å²) in [6.07, 6.45) is 5.09. The molecule has 0 saturated heterocycles. The van der Waals surface area contributed by atoms with Crippen LogP contribution in [0.4, 0.5) is 5.82 Å². The minimum absolute atomic E-state index is 0.0860. The zero-order valence-electron chi connectivity index (χ0n) is 11.9. The molecular weight excluding hydrogens is 224 g/mol. The molecular formula is C15H24N2O. The van der Waals surface area contributed by atoms with Crippen molar-refractivity contribution < 1.29 is 4.79 Å². The highest BCUT2D eigenvalue weighted by Crippen LogP contribution is 2.21. The molecule has 1 aromatic heterocycles. The summed E-state index contributed by atoms with van der Waals surface area (Å²) in [4.78, 5) is 18.4. The lowest BCUT2D eigenvalue weighted by Gasteiger charge is -2.30. The Morgan fingerprint density at radius 1 is 1.44 bits per heavy atom. The third-order valence-electron chi connectivity index (χ3n) is 3.31. The van der Waals surface area contributed by atoms with Gasteiger partial charge >= 0.3 is 0 Å². The van der Waals surface area contributed by atoms with Gasteiger partial charge < -0.3 is 4.90 Å². The molecule has 3 nitrogen and oxygen atoms in total. The van der Waals surface area contributed by atoms with Gasteiger partial charge in [0.05, 0.1) is 5.56 Å². The summed E-state index contributed by atoms with van der Waals surface area (Å²) in [5.74, 6) is 0.927. The second-order valence-electron chi connectivity index (χ2n) is 4.73. The van der Waals surface area contributed by atoms with Gasteiger partial charge in [0.1, 0.15) is 5.82 Å². The quantitative estimate of drug-likeness (QED) is 0.690. The minimum atomic E-state index is 0.0860. The van der Waals surface area contributed by atoms with Crippen LogP contribution in [0.3, 0.4) is 0 Å². The highest BCUT2D eigenvalue weighted by Gasteiger charge is 2.18. The van der Waals surface area contributed by atoms with Crippen molar-refractivity contribution in [3.05, 3.63) is 23.9 Å². The van der Waals surface area contributed by atoms with E-state index in [0.29, 0.717) is 6.04 Å². The molecule has 1 heterocycles. The highest BCUT2D eigenvalue weighted by atomic mass is 16.1. The molecule has 1 atom stereocenters. The number of unbranched alkanes of at least 4 members (excludes halogenated alkanes) is 1. The summed E-state index contributed by atoms with van der Waals surface area (Å²) in [7, 11) is 0. The van der Waals surface area contributed by atoms with E-state index in [2.05, 4.69) is 30.7 Å². The molecule has 0 N–H and O–H groups in total. The number of rotatable bonds is 7. The van der Waals surface area contributed by atoms with E-state index >= 15 is 0 Å². The molecule has 0 aliphatic rings. The van der Waals surface area contributed by atoms with E-state index in [0.717, 1.165) is 37.2 Å². The van der Waals surface area contributed by atoms with Gasteiger partial charge in [-0.05, 0) is 38.8 Å². The van der Waals surface area contributed by atoms with Crippen molar-refractivity contribution in [2.75, 3.05) is 11.4 Å². The Labute approximate surface area is 110 Å². The maximum atomic E-state index is 11.7. The van der Waals surface area contributed by atoms with Crippen LogP contribution in [-0.4, -0.2) is 23.4 Å². The van der Waals surface area contributed by atoms with Gasteiger partial charge in [-0.2, -0.15) is 0 Å². The third kappa shape index (κ3) is 3.56. The van der Waals surface area contributed by atoms with E-state index in [1.54, 1.807) is 13.1 Å². The monoisotopic (exact) mass is 248 g/mol. The van der Waals surface area contributed by atoms with Gasteiger partial charge in [-0.3, -0.25) is 4.79 Å². The Bertz CT molecular complexity index is 390. The summed E-state index contributed by atoms with van der Waals surface area (Å²) in [5, 5.41) is 0. The Balaban J connectivity index is 3.07. The molecule has 100 valence electrons. The van der Waals surface area contributed by atoms with E-state index in [1.807, 2.05) is 12.1 Å². The molecule has 18 heavy (non-hydrogen) atoms. The van der Waals surface area contributed by atoms with Crippen molar-refractivity contribution in [1.29, 1.82) is 0 Å². The van der Waals surface area contributed by atoms with Crippen molar-refractivity contribution in [2.45, 2.75) is 53.0 Å². The fourth-order valence-electron chi connectivity index (χ4n) is 1.98. The zero-order chi connectivity index (χ0) is 13.5. The van der Waals surface area contributed by atoms with Gasteiger partial charge in [-0.25, -0.2) is 4.98 Å². The number of carbonyl (C=O) groups is 1. The summed E-state index contributed by atoms with van der Waals surface area (Å²) in [5.41, 5.74) is 0.730. The van der Waals surface area contributed by atoms with Crippen LogP contribution in [0.1, 0.15) is 57.3 Å². The topological polar surface area (TPSA) is 33.2 Å². The molecule has 0 saturated carbocycles. The normalized spacial score (nSPS) is 12.2. The number of aromatic nitrogens is 1. The zero-order valence-corrected chi connectivity index (χ0v) is 11.9. The standard InChI is InChI=1S/C15H24N2O/c1-5-7-11-17(12(3)6-2)15-14(13(4)18)9-8-10-16-15/h8-10,12H,5-7,11H2,1-4H3. The number of hydrogen-bond donors (Lipinski definition) is 0. The number of Topliss-reactive ketones (excluding diaryl/α,β-unsaturated/α-hetero) is 1. The van der Waals surface area contributed by atoms with E-state index in [9.17, 15) is 4.79 Å². The lowest BCUT2D eigenvalue weighted by Crippen LogP contribution is -2.35.